The number of anilines is 1. The Hall–Kier alpha value is -1.63. The zero-order chi connectivity index (χ0) is 18.4. The molecule has 2 N–H and O–H groups in total. The van der Waals surface area contributed by atoms with Crippen LogP contribution in [0.3, 0.4) is 0 Å². The van der Waals surface area contributed by atoms with Crippen LogP contribution in [0.4, 0.5) is 5.69 Å². The molecule has 1 atom stereocenters. The van der Waals surface area contributed by atoms with Crippen LogP contribution in [0.1, 0.15) is 19.3 Å². The first kappa shape index (κ1) is 19.1. The SMILES string of the molecule is O=C(CN1CCN(C(=O)CCC2CCNC2)CC1)Nc1ccccc1Cl. The summed E-state index contributed by atoms with van der Waals surface area (Å²) >= 11 is 6.07. The molecule has 142 valence electrons. The quantitative estimate of drug-likeness (QED) is 0.792. The van der Waals surface area contributed by atoms with Crippen LogP contribution in [-0.2, 0) is 9.59 Å². The highest BCUT2D eigenvalue weighted by molar-refractivity contribution is 6.33. The van der Waals surface area contributed by atoms with E-state index in [-0.39, 0.29) is 11.8 Å². The second-order valence-electron chi connectivity index (χ2n) is 7.08. The predicted octanol–water partition coefficient (Wildman–Crippen LogP) is 1.81. The summed E-state index contributed by atoms with van der Waals surface area (Å²) in [5.41, 5.74) is 0.634. The summed E-state index contributed by atoms with van der Waals surface area (Å²) in [5, 5.41) is 6.72. The summed E-state index contributed by atoms with van der Waals surface area (Å²) in [7, 11) is 0. The fraction of sp³-hybridized carbons (Fsp3) is 0.579. The number of rotatable bonds is 6. The van der Waals surface area contributed by atoms with Crippen molar-refractivity contribution < 1.29 is 9.59 Å². The van der Waals surface area contributed by atoms with Gasteiger partial charge in [0.1, 0.15) is 0 Å². The molecule has 26 heavy (non-hydrogen) atoms. The summed E-state index contributed by atoms with van der Waals surface area (Å²) in [5.74, 6) is 0.817. The molecule has 1 aromatic rings. The highest BCUT2D eigenvalue weighted by atomic mass is 35.5. The Morgan fingerprint density at radius 1 is 1.19 bits per heavy atom. The average molecular weight is 379 g/mol. The number of para-hydroxylation sites is 1. The number of carbonyl (C=O) groups is 2. The molecule has 2 aliphatic rings. The van der Waals surface area contributed by atoms with Gasteiger partial charge < -0.3 is 15.5 Å². The molecule has 2 amide bonds. The lowest BCUT2D eigenvalue weighted by atomic mass is 10.0. The van der Waals surface area contributed by atoms with Crippen molar-refractivity contribution in [3.05, 3.63) is 29.3 Å². The third kappa shape index (κ3) is 5.43. The Bertz CT molecular complexity index is 626. The molecule has 7 heteroatoms. The van der Waals surface area contributed by atoms with Gasteiger partial charge in [0.15, 0.2) is 0 Å². The lowest BCUT2D eigenvalue weighted by Crippen LogP contribution is -2.50. The van der Waals surface area contributed by atoms with Crippen LogP contribution in [0.25, 0.3) is 0 Å². The molecule has 0 spiro atoms. The van der Waals surface area contributed by atoms with Crippen molar-refractivity contribution in [2.45, 2.75) is 19.3 Å². The zero-order valence-electron chi connectivity index (χ0n) is 15.0. The second kappa shape index (κ2) is 9.35. The molecule has 0 aliphatic carbocycles. The number of hydrogen-bond acceptors (Lipinski definition) is 4. The molecule has 0 bridgehead atoms. The molecule has 2 heterocycles. The summed E-state index contributed by atoms with van der Waals surface area (Å²) in [6.45, 7) is 5.29. The maximum absolute atomic E-state index is 12.4. The Morgan fingerprint density at radius 3 is 2.65 bits per heavy atom. The van der Waals surface area contributed by atoms with Crippen molar-refractivity contribution in [3.8, 4) is 0 Å². The molecular formula is C19H27ClN4O2. The number of benzene rings is 1. The van der Waals surface area contributed by atoms with E-state index in [9.17, 15) is 9.59 Å². The van der Waals surface area contributed by atoms with Gasteiger partial charge in [-0.3, -0.25) is 14.5 Å². The Balaban J connectivity index is 1.37. The summed E-state index contributed by atoms with van der Waals surface area (Å²) < 4.78 is 0. The first-order valence-electron chi connectivity index (χ1n) is 9.37. The third-order valence-electron chi connectivity index (χ3n) is 5.17. The Kier molecular flexibility index (Phi) is 6.88. The number of carbonyl (C=O) groups excluding carboxylic acids is 2. The van der Waals surface area contributed by atoms with Crippen molar-refractivity contribution in [2.75, 3.05) is 51.1 Å². The van der Waals surface area contributed by atoms with E-state index in [4.69, 9.17) is 11.6 Å². The van der Waals surface area contributed by atoms with Crippen LogP contribution >= 0.6 is 11.6 Å². The van der Waals surface area contributed by atoms with Gasteiger partial charge in [0.2, 0.25) is 11.8 Å². The maximum atomic E-state index is 12.4. The van der Waals surface area contributed by atoms with Crippen LogP contribution in [0.15, 0.2) is 24.3 Å². The zero-order valence-corrected chi connectivity index (χ0v) is 15.8. The molecule has 1 aromatic carbocycles. The van der Waals surface area contributed by atoms with Crippen molar-refractivity contribution >= 4 is 29.1 Å². The van der Waals surface area contributed by atoms with Crippen molar-refractivity contribution in [2.24, 2.45) is 5.92 Å². The maximum Gasteiger partial charge on any atom is 0.238 e. The number of hydrogen-bond donors (Lipinski definition) is 2. The predicted molar refractivity (Wildman–Crippen MR) is 103 cm³/mol. The topological polar surface area (TPSA) is 64.7 Å². The summed E-state index contributed by atoms with van der Waals surface area (Å²) in [6.07, 6.45) is 2.80. The fourth-order valence-corrected chi connectivity index (χ4v) is 3.74. The lowest BCUT2D eigenvalue weighted by Gasteiger charge is -2.34. The molecule has 0 radical (unpaired) electrons. The normalized spacial score (nSPS) is 21.0. The molecule has 2 aliphatic heterocycles. The molecule has 2 fully saturated rings. The Labute approximate surface area is 159 Å². The van der Waals surface area contributed by atoms with Crippen LogP contribution in [0.5, 0.6) is 0 Å². The fourth-order valence-electron chi connectivity index (χ4n) is 3.56. The van der Waals surface area contributed by atoms with E-state index < -0.39 is 0 Å². The molecule has 3 rings (SSSR count). The summed E-state index contributed by atoms with van der Waals surface area (Å²) in [4.78, 5) is 28.6. The van der Waals surface area contributed by atoms with Crippen molar-refractivity contribution in [1.82, 2.24) is 15.1 Å². The summed E-state index contributed by atoms with van der Waals surface area (Å²) in [6, 6.07) is 7.21. The minimum absolute atomic E-state index is 0.0772. The lowest BCUT2D eigenvalue weighted by molar-refractivity contribution is -0.133. The second-order valence-corrected chi connectivity index (χ2v) is 7.49. The molecule has 0 aromatic heterocycles. The van der Waals surface area contributed by atoms with E-state index in [1.165, 1.54) is 6.42 Å². The van der Waals surface area contributed by atoms with Crippen LogP contribution in [0.2, 0.25) is 5.02 Å². The van der Waals surface area contributed by atoms with Gasteiger partial charge in [-0.15, -0.1) is 0 Å². The largest absolute Gasteiger partial charge is 0.340 e. The van der Waals surface area contributed by atoms with Crippen LogP contribution in [-0.4, -0.2) is 67.4 Å². The smallest absolute Gasteiger partial charge is 0.238 e. The highest BCUT2D eigenvalue weighted by Crippen LogP contribution is 2.20. The molecule has 2 saturated heterocycles. The van der Waals surface area contributed by atoms with E-state index in [1.54, 1.807) is 12.1 Å². The van der Waals surface area contributed by atoms with Gasteiger partial charge in [-0.05, 0) is 44.0 Å². The van der Waals surface area contributed by atoms with Gasteiger partial charge in [-0.2, -0.15) is 0 Å². The minimum Gasteiger partial charge on any atom is -0.340 e. The van der Waals surface area contributed by atoms with Gasteiger partial charge in [0.05, 0.1) is 17.3 Å². The first-order chi connectivity index (χ1) is 12.6. The highest BCUT2D eigenvalue weighted by Gasteiger charge is 2.23. The van der Waals surface area contributed by atoms with Crippen molar-refractivity contribution in [1.29, 1.82) is 0 Å². The minimum atomic E-state index is -0.0772. The molecule has 0 saturated carbocycles. The van der Waals surface area contributed by atoms with E-state index in [0.29, 0.717) is 42.7 Å². The number of nitrogens with one attached hydrogen (secondary N) is 2. The van der Waals surface area contributed by atoms with Gasteiger partial charge in [0, 0.05) is 32.6 Å². The van der Waals surface area contributed by atoms with E-state index in [0.717, 1.165) is 32.6 Å². The average Bonchev–Trinajstić information content (AvgIpc) is 3.16. The number of piperazine rings is 1. The van der Waals surface area contributed by atoms with E-state index >= 15 is 0 Å². The molecular weight excluding hydrogens is 352 g/mol. The molecule has 6 nitrogen and oxygen atoms in total. The van der Waals surface area contributed by atoms with E-state index in [2.05, 4.69) is 15.5 Å². The monoisotopic (exact) mass is 378 g/mol. The van der Waals surface area contributed by atoms with Gasteiger partial charge >= 0.3 is 0 Å². The van der Waals surface area contributed by atoms with Crippen molar-refractivity contribution in [3.63, 3.8) is 0 Å². The Morgan fingerprint density at radius 2 is 1.96 bits per heavy atom. The first-order valence-corrected chi connectivity index (χ1v) is 9.75. The van der Waals surface area contributed by atoms with Gasteiger partial charge in [-0.25, -0.2) is 0 Å². The van der Waals surface area contributed by atoms with E-state index in [1.807, 2.05) is 17.0 Å². The number of nitrogens with zero attached hydrogens (tertiary/aromatic N) is 2. The number of amides is 2. The number of halogens is 1. The standard InChI is InChI=1S/C19H27ClN4O2/c20-16-3-1-2-4-17(16)22-18(25)14-23-9-11-24(12-10-23)19(26)6-5-15-7-8-21-13-15/h1-4,15,21H,5-14H2,(H,22,25). The molecule has 1 unspecified atom stereocenters. The van der Waals surface area contributed by atoms with Gasteiger partial charge in [0.25, 0.3) is 0 Å². The third-order valence-corrected chi connectivity index (χ3v) is 5.50. The van der Waals surface area contributed by atoms with Crippen LogP contribution in [0, 0.1) is 5.92 Å². The van der Waals surface area contributed by atoms with Crippen LogP contribution < -0.4 is 10.6 Å². The van der Waals surface area contributed by atoms with Gasteiger partial charge in [-0.1, -0.05) is 23.7 Å².